The SMILES string of the molecule is O=C1c2ccccc2C(=O)N1CCSc1ccc(-c2cccs2)nn1. The molecule has 0 fully saturated rings. The highest BCUT2D eigenvalue weighted by molar-refractivity contribution is 7.99. The van der Waals surface area contributed by atoms with Crippen LogP contribution in [-0.2, 0) is 0 Å². The van der Waals surface area contributed by atoms with Crippen LogP contribution in [0.3, 0.4) is 0 Å². The number of carbonyl (C=O) groups is 2. The summed E-state index contributed by atoms with van der Waals surface area (Å²) in [6.45, 7) is 0.353. The molecule has 1 aliphatic heterocycles. The van der Waals surface area contributed by atoms with Crippen LogP contribution in [0.15, 0.2) is 58.9 Å². The number of hydrogen-bond donors (Lipinski definition) is 0. The highest BCUT2D eigenvalue weighted by Crippen LogP contribution is 2.25. The van der Waals surface area contributed by atoms with Crippen molar-refractivity contribution in [3.8, 4) is 10.6 Å². The fourth-order valence-corrected chi connectivity index (χ4v) is 4.07. The number of nitrogens with zero attached hydrogens (tertiary/aromatic N) is 3. The maximum atomic E-state index is 12.3. The second kappa shape index (κ2) is 6.78. The third-order valence-electron chi connectivity index (χ3n) is 3.86. The van der Waals surface area contributed by atoms with Crippen LogP contribution < -0.4 is 0 Å². The highest BCUT2D eigenvalue weighted by Gasteiger charge is 2.34. The number of benzene rings is 1. The first-order valence-electron chi connectivity index (χ1n) is 7.69. The van der Waals surface area contributed by atoms with Gasteiger partial charge in [-0.15, -0.1) is 33.3 Å². The Morgan fingerprint density at radius 2 is 1.68 bits per heavy atom. The van der Waals surface area contributed by atoms with Gasteiger partial charge in [-0.05, 0) is 35.7 Å². The van der Waals surface area contributed by atoms with Gasteiger partial charge in [-0.25, -0.2) is 0 Å². The van der Waals surface area contributed by atoms with E-state index in [1.165, 1.54) is 16.7 Å². The molecule has 0 N–H and O–H groups in total. The fourth-order valence-electron chi connectivity index (χ4n) is 2.64. The summed E-state index contributed by atoms with van der Waals surface area (Å²) in [6, 6.07) is 14.8. The predicted octanol–water partition coefficient (Wildman–Crippen LogP) is 3.59. The number of aromatic nitrogens is 2. The molecule has 3 heterocycles. The summed E-state index contributed by atoms with van der Waals surface area (Å²) in [4.78, 5) is 27.0. The molecule has 4 rings (SSSR count). The van der Waals surface area contributed by atoms with E-state index in [2.05, 4.69) is 10.2 Å². The Morgan fingerprint density at radius 1 is 0.920 bits per heavy atom. The zero-order valence-corrected chi connectivity index (χ0v) is 14.7. The average molecular weight is 367 g/mol. The van der Waals surface area contributed by atoms with Crippen molar-refractivity contribution in [3.05, 3.63) is 65.0 Å². The normalized spacial score (nSPS) is 13.4. The average Bonchev–Trinajstić information content (AvgIpc) is 3.26. The largest absolute Gasteiger partial charge is 0.273 e. The lowest BCUT2D eigenvalue weighted by Gasteiger charge is -2.12. The van der Waals surface area contributed by atoms with Crippen LogP contribution in [0.1, 0.15) is 20.7 Å². The first kappa shape index (κ1) is 16.0. The van der Waals surface area contributed by atoms with Gasteiger partial charge in [0.1, 0.15) is 10.7 Å². The van der Waals surface area contributed by atoms with Crippen LogP contribution in [0.25, 0.3) is 10.6 Å². The van der Waals surface area contributed by atoms with Crippen molar-refractivity contribution in [2.75, 3.05) is 12.3 Å². The van der Waals surface area contributed by atoms with Crippen molar-refractivity contribution in [2.45, 2.75) is 5.03 Å². The molecule has 5 nitrogen and oxygen atoms in total. The molecular formula is C18H13N3O2S2. The Hall–Kier alpha value is -2.51. The van der Waals surface area contributed by atoms with Crippen LogP contribution in [0.4, 0.5) is 0 Å². The minimum Gasteiger partial charge on any atom is -0.273 e. The lowest BCUT2D eigenvalue weighted by atomic mass is 10.1. The van der Waals surface area contributed by atoms with Gasteiger partial charge >= 0.3 is 0 Å². The molecule has 0 radical (unpaired) electrons. The molecule has 3 aromatic rings. The first-order chi connectivity index (χ1) is 12.2. The quantitative estimate of drug-likeness (QED) is 0.509. The molecule has 0 saturated heterocycles. The maximum Gasteiger partial charge on any atom is 0.261 e. The second-order valence-corrected chi connectivity index (χ2v) is 7.45. The molecule has 2 amide bonds. The van der Waals surface area contributed by atoms with E-state index in [-0.39, 0.29) is 11.8 Å². The van der Waals surface area contributed by atoms with Crippen LogP contribution in [0.2, 0.25) is 0 Å². The van der Waals surface area contributed by atoms with Crippen molar-refractivity contribution in [3.63, 3.8) is 0 Å². The summed E-state index contributed by atoms with van der Waals surface area (Å²) in [5, 5.41) is 11.2. The standard InChI is InChI=1S/C18H13N3O2S2/c22-17-12-4-1-2-5-13(12)18(23)21(17)9-11-25-16-8-7-14(19-20-16)15-6-3-10-24-15/h1-8,10H,9,11H2. The Bertz CT molecular complexity index is 889. The summed E-state index contributed by atoms with van der Waals surface area (Å²) in [5.74, 6) is 0.138. The third kappa shape index (κ3) is 3.08. The lowest BCUT2D eigenvalue weighted by Crippen LogP contribution is -2.31. The molecule has 0 aliphatic carbocycles. The van der Waals surface area contributed by atoms with E-state index in [1.54, 1.807) is 35.6 Å². The molecule has 0 bridgehead atoms. The molecule has 7 heteroatoms. The summed E-state index contributed by atoms with van der Waals surface area (Å²) in [7, 11) is 0. The zero-order valence-electron chi connectivity index (χ0n) is 13.1. The van der Waals surface area contributed by atoms with Crippen LogP contribution >= 0.6 is 23.1 Å². The number of carbonyl (C=O) groups excluding carboxylic acids is 2. The van der Waals surface area contributed by atoms with Crippen LogP contribution in [0, 0.1) is 0 Å². The topological polar surface area (TPSA) is 63.2 Å². The number of imide groups is 1. The number of thioether (sulfide) groups is 1. The third-order valence-corrected chi connectivity index (χ3v) is 5.65. The molecule has 25 heavy (non-hydrogen) atoms. The van der Waals surface area contributed by atoms with E-state index in [1.807, 2.05) is 29.6 Å². The van der Waals surface area contributed by atoms with E-state index < -0.39 is 0 Å². The van der Waals surface area contributed by atoms with Gasteiger partial charge in [0, 0.05) is 12.3 Å². The maximum absolute atomic E-state index is 12.3. The molecule has 124 valence electrons. The van der Waals surface area contributed by atoms with E-state index in [0.29, 0.717) is 23.4 Å². The second-order valence-electron chi connectivity index (χ2n) is 5.39. The minimum atomic E-state index is -0.222. The van der Waals surface area contributed by atoms with Gasteiger partial charge in [0.25, 0.3) is 11.8 Å². The van der Waals surface area contributed by atoms with E-state index in [0.717, 1.165) is 15.6 Å². The molecule has 1 aliphatic rings. The van der Waals surface area contributed by atoms with Gasteiger partial charge in [0.15, 0.2) is 0 Å². The van der Waals surface area contributed by atoms with Crippen molar-refractivity contribution in [1.29, 1.82) is 0 Å². The Balaban J connectivity index is 1.37. The number of rotatable bonds is 5. The molecule has 2 aromatic heterocycles. The van der Waals surface area contributed by atoms with Crippen LogP contribution in [-0.4, -0.2) is 39.2 Å². The molecular weight excluding hydrogens is 354 g/mol. The predicted molar refractivity (Wildman–Crippen MR) is 97.9 cm³/mol. The summed E-state index contributed by atoms with van der Waals surface area (Å²) in [5.41, 5.74) is 1.81. The Labute approximate surface area is 152 Å². The summed E-state index contributed by atoms with van der Waals surface area (Å²) >= 11 is 3.10. The van der Waals surface area contributed by atoms with Gasteiger partial charge in [-0.2, -0.15) is 0 Å². The number of thiophene rings is 1. The van der Waals surface area contributed by atoms with Crippen molar-refractivity contribution >= 4 is 34.9 Å². The molecule has 0 atom stereocenters. The number of fused-ring (bicyclic) bond motifs is 1. The zero-order chi connectivity index (χ0) is 17.2. The molecule has 0 unspecified atom stereocenters. The molecule has 0 spiro atoms. The Kier molecular flexibility index (Phi) is 4.33. The van der Waals surface area contributed by atoms with Crippen LogP contribution in [0.5, 0.6) is 0 Å². The Morgan fingerprint density at radius 3 is 2.28 bits per heavy atom. The van der Waals surface area contributed by atoms with Gasteiger partial charge in [0.05, 0.1) is 16.0 Å². The van der Waals surface area contributed by atoms with Gasteiger partial charge < -0.3 is 0 Å². The van der Waals surface area contributed by atoms with E-state index in [9.17, 15) is 9.59 Å². The summed E-state index contributed by atoms with van der Waals surface area (Å²) in [6.07, 6.45) is 0. The minimum absolute atomic E-state index is 0.222. The monoisotopic (exact) mass is 367 g/mol. The van der Waals surface area contributed by atoms with Gasteiger partial charge in [0.2, 0.25) is 0 Å². The number of hydrogen-bond acceptors (Lipinski definition) is 6. The van der Waals surface area contributed by atoms with Gasteiger partial charge in [-0.1, -0.05) is 18.2 Å². The molecule has 0 saturated carbocycles. The fraction of sp³-hybridized carbons (Fsp3) is 0.111. The summed E-state index contributed by atoms with van der Waals surface area (Å²) < 4.78 is 0. The van der Waals surface area contributed by atoms with Crippen molar-refractivity contribution in [1.82, 2.24) is 15.1 Å². The van der Waals surface area contributed by atoms with Gasteiger partial charge in [-0.3, -0.25) is 14.5 Å². The highest BCUT2D eigenvalue weighted by atomic mass is 32.2. The van der Waals surface area contributed by atoms with E-state index in [4.69, 9.17) is 0 Å². The molecule has 1 aromatic carbocycles. The lowest BCUT2D eigenvalue weighted by molar-refractivity contribution is 0.0664. The van der Waals surface area contributed by atoms with Crippen molar-refractivity contribution in [2.24, 2.45) is 0 Å². The van der Waals surface area contributed by atoms with E-state index >= 15 is 0 Å². The van der Waals surface area contributed by atoms with Crippen molar-refractivity contribution < 1.29 is 9.59 Å². The number of amides is 2. The smallest absolute Gasteiger partial charge is 0.261 e. The first-order valence-corrected chi connectivity index (χ1v) is 9.56.